The molecule has 2 rings (SSSR count). The molecule has 0 radical (unpaired) electrons. The highest BCUT2D eigenvalue weighted by atomic mass is 16.7. The Labute approximate surface area is 120 Å². The summed E-state index contributed by atoms with van der Waals surface area (Å²) in [4.78, 5) is 15.0. The first kappa shape index (κ1) is 14.9. The summed E-state index contributed by atoms with van der Waals surface area (Å²) in [6, 6.07) is 5.41. The maximum Gasteiger partial charge on any atom is 0.231 e. The molecule has 0 saturated carbocycles. The summed E-state index contributed by atoms with van der Waals surface area (Å²) in [7, 11) is 0. The molecule has 1 aliphatic rings. The van der Waals surface area contributed by atoms with E-state index in [-0.39, 0.29) is 18.6 Å². The number of carbonyl (C=O) groups excluding carboxylic acids is 1. The molecule has 4 nitrogen and oxygen atoms in total. The van der Waals surface area contributed by atoms with Crippen molar-refractivity contribution in [3.8, 4) is 11.5 Å². The fourth-order valence-electron chi connectivity index (χ4n) is 2.66. The van der Waals surface area contributed by atoms with Crippen LogP contribution in [0.5, 0.6) is 11.5 Å². The number of fused-ring (bicyclic) bond motifs is 1. The number of Topliss-reactive ketones (excluding diaryl/α,β-unsaturated/α-hetero) is 1. The van der Waals surface area contributed by atoms with Gasteiger partial charge in [0.15, 0.2) is 17.3 Å². The molecule has 1 aromatic rings. The quantitative estimate of drug-likeness (QED) is 0.718. The van der Waals surface area contributed by atoms with Crippen molar-refractivity contribution < 1.29 is 14.3 Å². The third kappa shape index (κ3) is 2.96. The van der Waals surface area contributed by atoms with Gasteiger partial charge in [-0.25, -0.2) is 0 Å². The lowest BCUT2D eigenvalue weighted by molar-refractivity contribution is 0.0818. The fraction of sp³-hybridized carbons (Fsp3) is 0.562. The predicted molar refractivity (Wildman–Crippen MR) is 78.5 cm³/mol. The topological polar surface area (TPSA) is 38.8 Å². The average molecular weight is 277 g/mol. The zero-order valence-corrected chi connectivity index (χ0v) is 12.5. The van der Waals surface area contributed by atoms with Crippen molar-refractivity contribution in [3.05, 3.63) is 23.8 Å². The maximum atomic E-state index is 12.8. The lowest BCUT2D eigenvalue weighted by atomic mass is 9.98. The molecule has 1 aromatic carbocycles. The molecular formula is C16H23NO3. The Kier molecular flexibility index (Phi) is 5.01. The van der Waals surface area contributed by atoms with E-state index in [1.54, 1.807) is 6.07 Å². The lowest BCUT2D eigenvalue weighted by Crippen LogP contribution is -2.41. The summed E-state index contributed by atoms with van der Waals surface area (Å²) >= 11 is 0. The maximum absolute atomic E-state index is 12.8. The third-order valence-corrected chi connectivity index (χ3v) is 3.77. The Hall–Kier alpha value is -1.55. The zero-order valence-electron chi connectivity index (χ0n) is 12.5. The van der Waals surface area contributed by atoms with Crippen LogP contribution in [0.25, 0.3) is 0 Å². The number of carbonyl (C=O) groups is 1. The molecule has 4 heteroatoms. The van der Waals surface area contributed by atoms with Gasteiger partial charge in [-0.3, -0.25) is 9.69 Å². The summed E-state index contributed by atoms with van der Waals surface area (Å²) < 4.78 is 10.6. The molecule has 0 N–H and O–H groups in total. The molecule has 0 amide bonds. The van der Waals surface area contributed by atoms with Crippen molar-refractivity contribution in [3.63, 3.8) is 0 Å². The number of hydrogen-bond donors (Lipinski definition) is 0. The Balaban J connectivity index is 2.22. The van der Waals surface area contributed by atoms with Gasteiger partial charge in [-0.2, -0.15) is 0 Å². The van der Waals surface area contributed by atoms with Crippen LogP contribution < -0.4 is 9.47 Å². The van der Waals surface area contributed by atoms with Crippen LogP contribution in [0.2, 0.25) is 0 Å². The molecule has 0 saturated heterocycles. The Bertz CT molecular complexity index is 469. The van der Waals surface area contributed by atoms with Crippen molar-refractivity contribution in [2.45, 2.75) is 39.7 Å². The largest absolute Gasteiger partial charge is 0.454 e. The Morgan fingerprint density at radius 2 is 1.90 bits per heavy atom. The van der Waals surface area contributed by atoms with E-state index in [0.717, 1.165) is 31.7 Å². The van der Waals surface area contributed by atoms with Crippen LogP contribution in [0.3, 0.4) is 0 Å². The highest BCUT2D eigenvalue weighted by Crippen LogP contribution is 2.33. The molecule has 1 heterocycles. The van der Waals surface area contributed by atoms with Crippen molar-refractivity contribution >= 4 is 5.78 Å². The minimum atomic E-state index is -0.0460. The summed E-state index contributed by atoms with van der Waals surface area (Å²) in [6.45, 7) is 8.32. The number of ketones is 1. The second-order valence-electron chi connectivity index (χ2n) is 4.96. The van der Waals surface area contributed by atoms with Crippen molar-refractivity contribution in [1.29, 1.82) is 0 Å². The van der Waals surface area contributed by atoms with Crippen LogP contribution in [0.15, 0.2) is 18.2 Å². The standard InChI is InChI=1S/C16H23NO3/c1-4-7-13(17(5-2)6-3)16(18)12-8-9-14-15(10-12)20-11-19-14/h8-10,13H,4-7,11H2,1-3H3. The number of rotatable bonds is 7. The predicted octanol–water partition coefficient (Wildman–Crippen LogP) is 3.11. The van der Waals surface area contributed by atoms with Gasteiger partial charge >= 0.3 is 0 Å². The first-order chi connectivity index (χ1) is 9.71. The molecule has 1 unspecified atom stereocenters. The number of nitrogens with zero attached hydrogens (tertiary/aromatic N) is 1. The Morgan fingerprint density at radius 1 is 1.20 bits per heavy atom. The smallest absolute Gasteiger partial charge is 0.231 e. The van der Waals surface area contributed by atoms with Crippen molar-refractivity contribution in [1.82, 2.24) is 4.90 Å². The highest BCUT2D eigenvalue weighted by Gasteiger charge is 2.25. The van der Waals surface area contributed by atoms with Crippen LogP contribution in [-0.2, 0) is 0 Å². The summed E-state index contributed by atoms with van der Waals surface area (Å²) in [5.74, 6) is 1.57. The first-order valence-electron chi connectivity index (χ1n) is 7.39. The van der Waals surface area contributed by atoms with E-state index in [9.17, 15) is 4.79 Å². The van der Waals surface area contributed by atoms with Gasteiger partial charge in [-0.15, -0.1) is 0 Å². The SMILES string of the molecule is CCCC(C(=O)c1ccc2c(c1)OCO2)N(CC)CC. The third-order valence-electron chi connectivity index (χ3n) is 3.77. The minimum absolute atomic E-state index is 0.0460. The first-order valence-corrected chi connectivity index (χ1v) is 7.39. The second-order valence-corrected chi connectivity index (χ2v) is 4.96. The van der Waals surface area contributed by atoms with Crippen LogP contribution in [0.1, 0.15) is 44.0 Å². The van der Waals surface area contributed by atoms with Crippen LogP contribution in [-0.4, -0.2) is 36.6 Å². The summed E-state index contributed by atoms with van der Waals surface area (Å²) in [6.07, 6.45) is 1.88. The lowest BCUT2D eigenvalue weighted by Gasteiger charge is -2.28. The monoisotopic (exact) mass is 277 g/mol. The minimum Gasteiger partial charge on any atom is -0.454 e. The van der Waals surface area contributed by atoms with E-state index in [4.69, 9.17) is 9.47 Å². The van der Waals surface area contributed by atoms with E-state index in [0.29, 0.717) is 11.3 Å². The van der Waals surface area contributed by atoms with Crippen LogP contribution >= 0.6 is 0 Å². The van der Waals surface area contributed by atoms with Gasteiger partial charge < -0.3 is 9.47 Å². The molecule has 0 bridgehead atoms. The highest BCUT2D eigenvalue weighted by molar-refractivity contribution is 6.00. The molecule has 110 valence electrons. The van der Waals surface area contributed by atoms with E-state index in [1.165, 1.54) is 0 Å². The number of benzene rings is 1. The van der Waals surface area contributed by atoms with Gasteiger partial charge in [0.25, 0.3) is 0 Å². The van der Waals surface area contributed by atoms with E-state index in [1.807, 2.05) is 12.1 Å². The normalized spacial score (nSPS) is 14.6. The molecule has 0 fully saturated rings. The molecule has 1 atom stereocenters. The van der Waals surface area contributed by atoms with Gasteiger partial charge in [0.2, 0.25) is 6.79 Å². The van der Waals surface area contributed by atoms with E-state index >= 15 is 0 Å². The van der Waals surface area contributed by atoms with Gasteiger partial charge in [0.1, 0.15) is 0 Å². The molecule has 0 aliphatic carbocycles. The summed E-state index contributed by atoms with van der Waals surface area (Å²) in [5, 5.41) is 0. The average Bonchev–Trinajstić information content (AvgIpc) is 2.94. The van der Waals surface area contributed by atoms with Crippen molar-refractivity contribution in [2.24, 2.45) is 0 Å². The van der Waals surface area contributed by atoms with Crippen LogP contribution in [0.4, 0.5) is 0 Å². The van der Waals surface area contributed by atoms with E-state index < -0.39 is 0 Å². The molecule has 20 heavy (non-hydrogen) atoms. The molecular weight excluding hydrogens is 254 g/mol. The van der Waals surface area contributed by atoms with Gasteiger partial charge in [-0.05, 0) is 37.7 Å². The van der Waals surface area contributed by atoms with Gasteiger partial charge in [-0.1, -0.05) is 27.2 Å². The second kappa shape index (κ2) is 6.75. The number of hydrogen-bond acceptors (Lipinski definition) is 4. The van der Waals surface area contributed by atoms with Gasteiger partial charge in [0, 0.05) is 5.56 Å². The zero-order chi connectivity index (χ0) is 14.5. The molecule has 0 spiro atoms. The molecule has 1 aliphatic heterocycles. The molecule has 0 aromatic heterocycles. The number of likely N-dealkylation sites (N-methyl/N-ethyl adjacent to an activating group) is 1. The summed E-state index contributed by atoms with van der Waals surface area (Å²) in [5.41, 5.74) is 0.708. The number of ether oxygens (including phenoxy) is 2. The van der Waals surface area contributed by atoms with Gasteiger partial charge in [0.05, 0.1) is 6.04 Å². The van der Waals surface area contributed by atoms with E-state index in [2.05, 4.69) is 25.7 Å². The Morgan fingerprint density at radius 3 is 2.55 bits per heavy atom. The van der Waals surface area contributed by atoms with Crippen LogP contribution in [0, 0.1) is 0 Å². The fourth-order valence-corrected chi connectivity index (χ4v) is 2.66. The van der Waals surface area contributed by atoms with Crippen molar-refractivity contribution in [2.75, 3.05) is 19.9 Å².